The van der Waals surface area contributed by atoms with E-state index in [1.165, 1.54) is 25.7 Å². The zero-order chi connectivity index (χ0) is 11.6. The number of carboxylic acid groups (broad SMARTS) is 1. The summed E-state index contributed by atoms with van der Waals surface area (Å²) in [7, 11) is 0. The van der Waals surface area contributed by atoms with Gasteiger partial charge >= 0.3 is 5.97 Å². The Hall–Kier alpha value is -0.530. The van der Waals surface area contributed by atoms with Crippen molar-refractivity contribution in [3.63, 3.8) is 0 Å². The lowest BCUT2D eigenvalue weighted by atomic mass is 9.63. The third-order valence-electron chi connectivity index (χ3n) is 5.00. The van der Waals surface area contributed by atoms with E-state index in [1.54, 1.807) is 0 Å². The van der Waals surface area contributed by atoms with E-state index in [9.17, 15) is 9.90 Å². The second-order valence-electron chi connectivity index (χ2n) is 5.94. The quantitative estimate of drug-likeness (QED) is 0.787. The van der Waals surface area contributed by atoms with Crippen LogP contribution in [0.2, 0.25) is 0 Å². The van der Waals surface area contributed by atoms with Crippen LogP contribution in [0.3, 0.4) is 0 Å². The highest BCUT2D eigenvalue weighted by molar-refractivity contribution is 5.74. The summed E-state index contributed by atoms with van der Waals surface area (Å²) in [6, 6.07) is 0. The van der Waals surface area contributed by atoms with E-state index in [4.69, 9.17) is 0 Å². The molecule has 2 aliphatic carbocycles. The van der Waals surface area contributed by atoms with Crippen LogP contribution in [0.4, 0.5) is 0 Å². The minimum absolute atomic E-state index is 0.350. The van der Waals surface area contributed by atoms with Crippen LogP contribution in [0.15, 0.2) is 0 Å². The van der Waals surface area contributed by atoms with Crippen LogP contribution in [-0.2, 0) is 4.79 Å². The molecule has 0 atom stereocenters. The Balaban J connectivity index is 1.96. The standard InChI is InChI=1S/C14H24O2/c1-2-11-6-8-14(9-7-11,13(15)16)10-12-4-3-5-12/h11-12H,2-10H2,1H3,(H,15,16). The van der Waals surface area contributed by atoms with E-state index in [0.29, 0.717) is 5.92 Å². The molecule has 2 aliphatic rings. The van der Waals surface area contributed by atoms with Crippen molar-refractivity contribution in [1.82, 2.24) is 0 Å². The van der Waals surface area contributed by atoms with Crippen LogP contribution in [0.25, 0.3) is 0 Å². The van der Waals surface area contributed by atoms with Crippen molar-refractivity contribution in [2.45, 2.75) is 64.7 Å². The molecule has 0 saturated heterocycles. The zero-order valence-electron chi connectivity index (χ0n) is 10.4. The number of carboxylic acids is 1. The normalized spacial score (nSPS) is 35.7. The summed E-state index contributed by atoms with van der Waals surface area (Å²) in [5.74, 6) is 0.983. The molecule has 2 saturated carbocycles. The molecule has 2 nitrogen and oxygen atoms in total. The van der Waals surface area contributed by atoms with Crippen molar-refractivity contribution in [2.24, 2.45) is 17.3 Å². The average molecular weight is 224 g/mol. The smallest absolute Gasteiger partial charge is 0.309 e. The van der Waals surface area contributed by atoms with E-state index < -0.39 is 5.97 Å². The van der Waals surface area contributed by atoms with Crippen molar-refractivity contribution < 1.29 is 9.90 Å². The first-order valence-electron chi connectivity index (χ1n) is 6.89. The molecular weight excluding hydrogens is 200 g/mol. The van der Waals surface area contributed by atoms with E-state index >= 15 is 0 Å². The van der Waals surface area contributed by atoms with E-state index in [-0.39, 0.29) is 5.41 Å². The molecule has 2 heteroatoms. The minimum atomic E-state index is -0.519. The highest BCUT2D eigenvalue weighted by Crippen LogP contribution is 2.47. The molecule has 0 aromatic rings. The van der Waals surface area contributed by atoms with Gasteiger partial charge < -0.3 is 5.11 Å². The molecule has 0 radical (unpaired) electrons. The number of hydrogen-bond donors (Lipinski definition) is 1. The summed E-state index contributed by atoms with van der Waals surface area (Å²) in [5, 5.41) is 9.52. The molecule has 0 unspecified atom stereocenters. The molecule has 0 aromatic heterocycles. The summed E-state index contributed by atoms with van der Waals surface area (Å²) in [5.41, 5.74) is -0.350. The Kier molecular flexibility index (Phi) is 3.56. The Morgan fingerprint density at radius 3 is 2.19 bits per heavy atom. The number of rotatable bonds is 4. The Morgan fingerprint density at radius 2 is 1.81 bits per heavy atom. The largest absolute Gasteiger partial charge is 0.481 e. The van der Waals surface area contributed by atoms with Gasteiger partial charge in [-0.05, 0) is 43.9 Å². The lowest BCUT2D eigenvalue weighted by Crippen LogP contribution is -2.38. The second-order valence-corrected chi connectivity index (χ2v) is 5.94. The third kappa shape index (κ3) is 2.26. The van der Waals surface area contributed by atoms with Crippen LogP contribution < -0.4 is 0 Å². The summed E-state index contributed by atoms with van der Waals surface area (Å²) >= 11 is 0. The molecule has 0 bridgehead atoms. The molecule has 0 spiro atoms. The highest BCUT2D eigenvalue weighted by atomic mass is 16.4. The van der Waals surface area contributed by atoms with Crippen LogP contribution in [0.5, 0.6) is 0 Å². The maximum absolute atomic E-state index is 11.5. The molecule has 0 heterocycles. The van der Waals surface area contributed by atoms with Gasteiger partial charge in [-0.2, -0.15) is 0 Å². The van der Waals surface area contributed by atoms with Gasteiger partial charge in [-0.3, -0.25) is 4.79 Å². The van der Waals surface area contributed by atoms with Gasteiger partial charge in [-0.15, -0.1) is 0 Å². The highest BCUT2D eigenvalue weighted by Gasteiger charge is 2.43. The number of carbonyl (C=O) groups is 1. The van der Waals surface area contributed by atoms with Crippen LogP contribution in [0.1, 0.15) is 64.7 Å². The fraction of sp³-hybridized carbons (Fsp3) is 0.929. The minimum Gasteiger partial charge on any atom is -0.481 e. The van der Waals surface area contributed by atoms with E-state index in [0.717, 1.165) is 38.0 Å². The van der Waals surface area contributed by atoms with Crippen molar-refractivity contribution in [3.05, 3.63) is 0 Å². The Morgan fingerprint density at radius 1 is 1.19 bits per heavy atom. The fourth-order valence-corrected chi connectivity index (χ4v) is 3.39. The molecule has 1 N–H and O–H groups in total. The van der Waals surface area contributed by atoms with Crippen molar-refractivity contribution in [2.75, 3.05) is 0 Å². The average Bonchev–Trinajstić information content (AvgIpc) is 2.24. The second kappa shape index (κ2) is 4.77. The van der Waals surface area contributed by atoms with Crippen LogP contribution >= 0.6 is 0 Å². The number of hydrogen-bond acceptors (Lipinski definition) is 1. The predicted octanol–water partition coefficient (Wildman–Crippen LogP) is 3.85. The first-order chi connectivity index (χ1) is 7.66. The SMILES string of the molecule is CCC1CCC(CC2CCC2)(C(=O)O)CC1. The predicted molar refractivity (Wildman–Crippen MR) is 64.3 cm³/mol. The maximum Gasteiger partial charge on any atom is 0.309 e. The van der Waals surface area contributed by atoms with Gasteiger partial charge in [0.1, 0.15) is 0 Å². The van der Waals surface area contributed by atoms with E-state index in [2.05, 4.69) is 6.92 Å². The maximum atomic E-state index is 11.5. The zero-order valence-corrected chi connectivity index (χ0v) is 10.4. The molecule has 2 rings (SSSR count). The van der Waals surface area contributed by atoms with Crippen LogP contribution in [0, 0.1) is 17.3 Å². The van der Waals surface area contributed by atoms with Gasteiger partial charge in [0, 0.05) is 0 Å². The van der Waals surface area contributed by atoms with Crippen molar-refractivity contribution in [1.29, 1.82) is 0 Å². The first kappa shape index (κ1) is 11.9. The fourth-order valence-electron chi connectivity index (χ4n) is 3.39. The van der Waals surface area contributed by atoms with Gasteiger partial charge in [0.25, 0.3) is 0 Å². The molecule has 16 heavy (non-hydrogen) atoms. The molecule has 92 valence electrons. The van der Waals surface area contributed by atoms with E-state index in [1.807, 2.05) is 0 Å². The van der Waals surface area contributed by atoms with Crippen molar-refractivity contribution >= 4 is 5.97 Å². The Labute approximate surface area is 98.4 Å². The molecular formula is C14H24O2. The summed E-state index contributed by atoms with van der Waals surface area (Å²) in [6.07, 6.45) is 10.2. The first-order valence-corrected chi connectivity index (χ1v) is 6.89. The Bertz CT molecular complexity index is 247. The summed E-state index contributed by atoms with van der Waals surface area (Å²) in [4.78, 5) is 11.5. The van der Waals surface area contributed by atoms with Crippen molar-refractivity contribution in [3.8, 4) is 0 Å². The molecule has 0 aromatic carbocycles. The summed E-state index contributed by atoms with van der Waals surface area (Å²) < 4.78 is 0. The number of aliphatic carboxylic acids is 1. The topological polar surface area (TPSA) is 37.3 Å². The monoisotopic (exact) mass is 224 g/mol. The molecule has 0 amide bonds. The van der Waals surface area contributed by atoms with Gasteiger partial charge in [0.05, 0.1) is 5.41 Å². The van der Waals surface area contributed by atoms with Gasteiger partial charge in [-0.1, -0.05) is 32.6 Å². The molecule has 2 fully saturated rings. The third-order valence-corrected chi connectivity index (χ3v) is 5.00. The lowest BCUT2D eigenvalue weighted by Gasteiger charge is -2.41. The summed E-state index contributed by atoms with van der Waals surface area (Å²) in [6.45, 7) is 2.23. The van der Waals surface area contributed by atoms with Gasteiger partial charge in [0.15, 0.2) is 0 Å². The van der Waals surface area contributed by atoms with Gasteiger partial charge in [0.2, 0.25) is 0 Å². The van der Waals surface area contributed by atoms with Crippen LogP contribution in [-0.4, -0.2) is 11.1 Å². The van der Waals surface area contributed by atoms with Gasteiger partial charge in [-0.25, -0.2) is 0 Å². The molecule has 0 aliphatic heterocycles. The lowest BCUT2D eigenvalue weighted by molar-refractivity contribution is -0.153.